The van der Waals surface area contributed by atoms with Crippen LogP contribution in [-0.4, -0.2) is 18.8 Å². The maximum atomic E-state index is 9.72. The van der Waals surface area contributed by atoms with E-state index in [9.17, 15) is 5.11 Å². The third kappa shape index (κ3) is 2.64. The van der Waals surface area contributed by atoms with Crippen LogP contribution in [-0.2, 0) is 6.54 Å². The molecule has 0 amide bonds. The minimum absolute atomic E-state index is 0.235. The highest BCUT2D eigenvalue weighted by Crippen LogP contribution is 2.28. The van der Waals surface area contributed by atoms with E-state index in [-0.39, 0.29) is 5.75 Å². The molecule has 0 aliphatic carbocycles. The number of rotatable bonds is 5. The third-order valence-electron chi connectivity index (χ3n) is 2.04. The van der Waals surface area contributed by atoms with Gasteiger partial charge in [0.25, 0.3) is 0 Å². The summed E-state index contributed by atoms with van der Waals surface area (Å²) in [4.78, 5) is 0. The van der Waals surface area contributed by atoms with Crippen LogP contribution in [0.15, 0.2) is 18.2 Å². The average molecular weight is 195 g/mol. The highest BCUT2D eigenvalue weighted by molar-refractivity contribution is 5.45. The van der Waals surface area contributed by atoms with Gasteiger partial charge in [-0.2, -0.15) is 0 Å². The van der Waals surface area contributed by atoms with Gasteiger partial charge in [0.15, 0.2) is 11.5 Å². The zero-order valence-electron chi connectivity index (χ0n) is 8.71. The lowest BCUT2D eigenvalue weighted by Gasteiger charge is -2.08. The van der Waals surface area contributed by atoms with Crippen LogP contribution in [0.4, 0.5) is 0 Å². The van der Waals surface area contributed by atoms with E-state index in [0.29, 0.717) is 12.3 Å². The monoisotopic (exact) mass is 195 g/mol. The predicted octanol–water partition coefficient (Wildman–Crippen LogP) is 1.90. The van der Waals surface area contributed by atoms with Gasteiger partial charge in [0.2, 0.25) is 0 Å². The first-order valence-corrected chi connectivity index (χ1v) is 4.85. The van der Waals surface area contributed by atoms with E-state index < -0.39 is 0 Å². The van der Waals surface area contributed by atoms with E-state index in [4.69, 9.17) is 4.74 Å². The Balaban J connectivity index is 2.66. The second kappa shape index (κ2) is 5.50. The highest BCUT2D eigenvalue weighted by Gasteiger charge is 2.05. The van der Waals surface area contributed by atoms with Crippen molar-refractivity contribution in [2.45, 2.75) is 19.9 Å². The molecule has 0 aromatic heterocycles. The number of para-hydroxylation sites is 1. The summed E-state index contributed by atoms with van der Waals surface area (Å²) in [5.41, 5.74) is 0.873. The highest BCUT2D eigenvalue weighted by atomic mass is 16.5. The van der Waals surface area contributed by atoms with Crippen LogP contribution in [0.3, 0.4) is 0 Å². The van der Waals surface area contributed by atoms with E-state index in [0.717, 1.165) is 18.5 Å². The molecule has 0 unspecified atom stereocenters. The largest absolute Gasteiger partial charge is 0.504 e. The summed E-state index contributed by atoms with van der Waals surface area (Å²) in [5.74, 6) is 0.763. The zero-order chi connectivity index (χ0) is 10.4. The second-order valence-electron chi connectivity index (χ2n) is 3.14. The van der Waals surface area contributed by atoms with E-state index >= 15 is 0 Å². The maximum absolute atomic E-state index is 9.72. The topological polar surface area (TPSA) is 41.5 Å². The third-order valence-corrected chi connectivity index (χ3v) is 2.04. The Kier molecular flexibility index (Phi) is 4.26. The lowest BCUT2D eigenvalue weighted by molar-refractivity contribution is 0.369. The number of methoxy groups -OCH3 is 1. The normalized spacial score (nSPS) is 10.1. The molecule has 0 aliphatic heterocycles. The fourth-order valence-corrected chi connectivity index (χ4v) is 1.27. The summed E-state index contributed by atoms with van der Waals surface area (Å²) in [6, 6.07) is 5.51. The Bertz CT molecular complexity index is 287. The molecule has 0 saturated heterocycles. The van der Waals surface area contributed by atoms with Crippen molar-refractivity contribution in [3.63, 3.8) is 0 Å². The van der Waals surface area contributed by atoms with Crippen molar-refractivity contribution in [2.24, 2.45) is 0 Å². The molecule has 14 heavy (non-hydrogen) atoms. The molecule has 1 aromatic carbocycles. The summed E-state index contributed by atoms with van der Waals surface area (Å²) in [6.45, 7) is 3.74. The van der Waals surface area contributed by atoms with Crippen LogP contribution in [0.5, 0.6) is 11.5 Å². The molecule has 0 aliphatic rings. The number of aromatic hydroxyl groups is 1. The van der Waals surface area contributed by atoms with Crippen molar-refractivity contribution in [2.75, 3.05) is 13.7 Å². The lowest BCUT2D eigenvalue weighted by Crippen LogP contribution is -2.13. The lowest BCUT2D eigenvalue weighted by atomic mass is 10.2. The van der Waals surface area contributed by atoms with E-state index in [1.54, 1.807) is 13.2 Å². The van der Waals surface area contributed by atoms with Crippen molar-refractivity contribution < 1.29 is 9.84 Å². The fraction of sp³-hybridized carbons (Fsp3) is 0.455. The Morgan fingerprint density at radius 1 is 1.43 bits per heavy atom. The Hall–Kier alpha value is -1.22. The molecule has 78 valence electrons. The van der Waals surface area contributed by atoms with Gasteiger partial charge in [0, 0.05) is 12.1 Å². The summed E-state index contributed by atoms with van der Waals surface area (Å²) in [6.07, 6.45) is 1.09. The van der Waals surface area contributed by atoms with Crippen molar-refractivity contribution in [3.8, 4) is 11.5 Å². The van der Waals surface area contributed by atoms with Gasteiger partial charge < -0.3 is 15.2 Å². The zero-order valence-corrected chi connectivity index (χ0v) is 8.71. The van der Waals surface area contributed by atoms with Gasteiger partial charge in [-0.15, -0.1) is 0 Å². The Morgan fingerprint density at radius 3 is 2.86 bits per heavy atom. The van der Waals surface area contributed by atoms with Crippen LogP contribution in [0.25, 0.3) is 0 Å². The average Bonchev–Trinajstić information content (AvgIpc) is 2.21. The first-order chi connectivity index (χ1) is 6.79. The van der Waals surface area contributed by atoms with Crippen molar-refractivity contribution >= 4 is 0 Å². The van der Waals surface area contributed by atoms with Gasteiger partial charge in [-0.05, 0) is 19.0 Å². The number of benzene rings is 1. The van der Waals surface area contributed by atoms with E-state index in [1.165, 1.54) is 0 Å². The fourth-order valence-electron chi connectivity index (χ4n) is 1.27. The molecule has 0 heterocycles. The second-order valence-corrected chi connectivity index (χ2v) is 3.14. The molecule has 0 fully saturated rings. The molecule has 0 radical (unpaired) electrons. The molecular weight excluding hydrogens is 178 g/mol. The first kappa shape index (κ1) is 10.9. The van der Waals surface area contributed by atoms with Gasteiger partial charge in [-0.25, -0.2) is 0 Å². The number of hydrogen-bond donors (Lipinski definition) is 2. The molecule has 2 N–H and O–H groups in total. The van der Waals surface area contributed by atoms with Crippen molar-refractivity contribution in [1.29, 1.82) is 0 Å². The van der Waals surface area contributed by atoms with Crippen LogP contribution >= 0.6 is 0 Å². The molecule has 3 nitrogen and oxygen atoms in total. The van der Waals surface area contributed by atoms with Crippen molar-refractivity contribution in [1.82, 2.24) is 5.32 Å². The van der Waals surface area contributed by atoms with E-state index in [2.05, 4.69) is 12.2 Å². The molecule has 0 bridgehead atoms. The molecule has 1 aromatic rings. The Morgan fingerprint density at radius 2 is 2.21 bits per heavy atom. The molecule has 1 rings (SSSR count). The molecule has 0 saturated carbocycles. The summed E-state index contributed by atoms with van der Waals surface area (Å²) >= 11 is 0. The van der Waals surface area contributed by atoms with Gasteiger partial charge in [0.1, 0.15) is 0 Å². The number of hydrogen-bond acceptors (Lipinski definition) is 3. The maximum Gasteiger partial charge on any atom is 0.162 e. The van der Waals surface area contributed by atoms with Gasteiger partial charge in [0.05, 0.1) is 7.11 Å². The smallest absolute Gasteiger partial charge is 0.162 e. The minimum atomic E-state index is 0.235. The van der Waals surface area contributed by atoms with E-state index in [1.807, 2.05) is 12.1 Å². The van der Waals surface area contributed by atoms with Crippen LogP contribution in [0.2, 0.25) is 0 Å². The number of nitrogens with one attached hydrogen (secondary N) is 1. The summed E-state index contributed by atoms with van der Waals surface area (Å²) < 4.78 is 5.01. The molecular formula is C11H17NO2. The van der Waals surface area contributed by atoms with Gasteiger partial charge >= 0.3 is 0 Å². The first-order valence-electron chi connectivity index (χ1n) is 4.85. The quantitative estimate of drug-likeness (QED) is 0.705. The van der Waals surface area contributed by atoms with Gasteiger partial charge in [-0.1, -0.05) is 19.1 Å². The molecule has 0 spiro atoms. The Labute approximate surface area is 84.7 Å². The van der Waals surface area contributed by atoms with Crippen LogP contribution in [0, 0.1) is 0 Å². The van der Waals surface area contributed by atoms with Crippen LogP contribution < -0.4 is 10.1 Å². The number of ether oxygens (including phenoxy) is 1. The number of phenolic OH excluding ortho intramolecular Hbond substituents is 1. The molecule has 0 atom stereocenters. The van der Waals surface area contributed by atoms with Gasteiger partial charge in [-0.3, -0.25) is 0 Å². The number of phenols is 1. The molecule has 3 heteroatoms. The summed E-state index contributed by atoms with van der Waals surface area (Å²) in [5, 5.41) is 13.0. The standard InChI is InChI=1S/C11H17NO2/c1-3-7-12-8-9-5-4-6-10(14-2)11(9)13/h4-6,12-13H,3,7-8H2,1-2H3. The van der Waals surface area contributed by atoms with Crippen LogP contribution in [0.1, 0.15) is 18.9 Å². The van der Waals surface area contributed by atoms with Crippen molar-refractivity contribution in [3.05, 3.63) is 23.8 Å². The summed E-state index contributed by atoms with van der Waals surface area (Å²) in [7, 11) is 1.55. The predicted molar refractivity (Wildman–Crippen MR) is 56.7 cm³/mol. The minimum Gasteiger partial charge on any atom is -0.504 e. The SMILES string of the molecule is CCCNCc1cccc(OC)c1O.